The SMILES string of the molecule is CCOC(=O)c1ccc(CCC(O)C(O)C(OC2OC(CO)C(O)C(O)C2O)C(O)CO)cc1. The van der Waals surface area contributed by atoms with Gasteiger partial charge in [0.1, 0.15) is 42.7 Å². The summed E-state index contributed by atoms with van der Waals surface area (Å²) in [6.07, 6.45) is -14.4. The van der Waals surface area contributed by atoms with Gasteiger partial charge in [0.05, 0.1) is 31.5 Å². The van der Waals surface area contributed by atoms with Crippen LogP contribution in [0.2, 0.25) is 0 Å². The van der Waals surface area contributed by atoms with Crippen LogP contribution in [0.4, 0.5) is 0 Å². The number of esters is 1. The summed E-state index contributed by atoms with van der Waals surface area (Å²) >= 11 is 0. The molecule has 9 atom stereocenters. The highest BCUT2D eigenvalue weighted by atomic mass is 16.7. The molecule has 0 amide bonds. The number of aryl methyl sites for hydroxylation is 1. The van der Waals surface area contributed by atoms with Gasteiger partial charge in [0.15, 0.2) is 6.29 Å². The number of hydrogen-bond acceptors (Lipinski definition) is 12. The zero-order valence-electron chi connectivity index (χ0n) is 18.8. The van der Waals surface area contributed by atoms with Crippen molar-refractivity contribution in [2.45, 2.75) is 74.9 Å². The highest BCUT2D eigenvalue weighted by molar-refractivity contribution is 5.89. The van der Waals surface area contributed by atoms with Gasteiger partial charge in [-0.3, -0.25) is 0 Å². The van der Waals surface area contributed by atoms with Crippen LogP contribution in [0, 0.1) is 0 Å². The summed E-state index contributed by atoms with van der Waals surface area (Å²) in [6.45, 7) is 0.372. The van der Waals surface area contributed by atoms with Crippen LogP contribution < -0.4 is 0 Å². The molecule has 0 aromatic heterocycles. The number of carbonyl (C=O) groups is 1. The van der Waals surface area contributed by atoms with Crippen molar-refractivity contribution < 1.29 is 59.9 Å². The first-order valence-electron chi connectivity index (χ1n) is 11.0. The summed E-state index contributed by atoms with van der Waals surface area (Å²) in [7, 11) is 0. The largest absolute Gasteiger partial charge is 0.462 e. The fraction of sp³-hybridized carbons (Fsp3) is 0.682. The van der Waals surface area contributed by atoms with Crippen molar-refractivity contribution in [3.05, 3.63) is 35.4 Å². The summed E-state index contributed by atoms with van der Waals surface area (Å²) in [6, 6.07) is 6.46. The molecule has 1 heterocycles. The summed E-state index contributed by atoms with van der Waals surface area (Å²) in [5.74, 6) is -0.462. The van der Waals surface area contributed by atoms with Gasteiger partial charge in [-0.15, -0.1) is 0 Å². The molecule has 1 aromatic carbocycles. The van der Waals surface area contributed by atoms with Crippen molar-refractivity contribution in [2.24, 2.45) is 0 Å². The Hall–Kier alpha value is -1.71. The van der Waals surface area contributed by atoms with E-state index in [0.29, 0.717) is 5.56 Å². The monoisotopic (exact) mass is 490 g/mol. The van der Waals surface area contributed by atoms with E-state index in [0.717, 1.165) is 5.56 Å². The molecule has 0 spiro atoms. The average Bonchev–Trinajstić information content (AvgIpc) is 2.85. The molecular formula is C22H34O12. The van der Waals surface area contributed by atoms with Crippen molar-refractivity contribution in [1.82, 2.24) is 0 Å². The van der Waals surface area contributed by atoms with Gasteiger partial charge in [-0.25, -0.2) is 4.79 Å². The average molecular weight is 491 g/mol. The Morgan fingerprint density at radius 2 is 1.65 bits per heavy atom. The Morgan fingerprint density at radius 1 is 1.00 bits per heavy atom. The van der Waals surface area contributed by atoms with Crippen LogP contribution in [0.15, 0.2) is 24.3 Å². The van der Waals surface area contributed by atoms with E-state index in [1.165, 1.54) is 0 Å². The molecule has 0 aliphatic carbocycles. The lowest BCUT2D eigenvalue weighted by Crippen LogP contribution is -2.61. The normalized spacial score (nSPS) is 28.7. The number of carbonyl (C=O) groups excluding carboxylic acids is 1. The van der Waals surface area contributed by atoms with Gasteiger partial charge in [-0.05, 0) is 37.5 Å². The molecule has 1 aliphatic heterocycles. The molecule has 0 bridgehead atoms. The fourth-order valence-electron chi connectivity index (χ4n) is 3.56. The predicted octanol–water partition coefficient (Wildman–Crippen LogP) is -2.94. The molecule has 12 heteroatoms. The van der Waals surface area contributed by atoms with Gasteiger partial charge in [-0.2, -0.15) is 0 Å². The van der Waals surface area contributed by atoms with Crippen LogP contribution in [0.5, 0.6) is 0 Å². The van der Waals surface area contributed by atoms with Crippen LogP contribution in [-0.2, 0) is 20.6 Å². The van der Waals surface area contributed by atoms with Gasteiger partial charge in [0.2, 0.25) is 0 Å². The van der Waals surface area contributed by atoms with Gasteiger partial charge in [0, 0.05) is 0 Å². The third kappa shape index (κ3) is 7.15. The number of rotatable bonds is 12. The lowest BCUT2D eigenvalue weighted by molar-refractivity contribution is -0.327. The van der Waals surface area contributed by atoms with Crippen molar-refractivity contribution in [2.75, 3.05) is 19.8 Å². The lowest BCUT2D eigenvalue weighted by atomic mass is 9.96. The Labute approximate surface area is 196 Å². The molecule has 34 heavy (non-hydrogen) atoms. The maximum absolute atomic E-state index is 11.7. The van der Waals surface area contributed by atoms with Crippen LogP contribution in [0.3, 0.4) is 0 Å². The van der Waals surface area contributed by atoms with Gasteiger partial charge < -0.3 is 55.1 Å². The standard InChI is InChI=1S/C22H34O12/c1-2-32-21(31)12-6-3-11(4-7-12)5-8-13(25)16(27)20(14(26)9-23)34-22-19(30)18(29)17(28)15(10-24)33-22/h3-4,6-7,13-20,22-30H,2,5,8-10H2,1H3. The number of aliphatic hydroxyl groups excluding tert-OH is 8. The molecule has 1 fully saturated rings. The van der Waals surface area contributed by atoms with E-state index in [1.807, 2.05) is 0 Å². The van der Waals surface area contributed by atoms with Gasteiger partial charge in [0.25, 0.3) is 0 Å². The zero-order valence-corrected chi connectivity index (χ0v) is 18.8. The van der Waals surface area contributed by atoms with Crippen molar-refractivity contribution in [3.8, 4) is 0 Å². The summed E-state index contributed by atoms with van der Waals surface area (Å²) in [5, 5.41) is 79.7. The second-order valence-corrected chi connectivity index (χ2v) is 8.06. The maximum atomic E-state index is 11.7. The van der Waals surface area contributed by atoms with Crippen molar-refractivity contribution in [3.63, 3.8) is 0 Å². The van der Waals surface area contributed by atoms with E-state index in [4.69, 9.17) is 14.2 Å². The molecule has 8 N–H and O–H groups in total. The smallest absolute Gasteiger partial charge is 0.338 e. The zero-order chi connectivity index (χ0) is 25.4. The van der Waals surface area contributed by atoms with Crippen LogP contribution in [0.1, 0.15) is 29.3 Å². The molecule has 194 valence electrons. The Morgan fingerprint density at radius 3 is 2.21 bits per heavy atom. The molecular weight excluding hydrogens is 456 g/mol. The number of benzene rings is 1. The van der Waals surface area contributed by atoms with Gasteiger partial charge >= 0.3 is 5.97 Å². The summed E-state index contributed by atoms with van der Waals surface area (Å²) in [4.78, 5) is 11.7. The lowest BCUT2D eigenvalue weighted by Gasteiger charge is -2.42. The quantitative estimate of drug-likeness (QED) is 0.138. The van der Waals surface area contributed by atoms with Crippen LogP contribution >= 0.6 is 0 Å². The Kier molecular flexibility index (Phi) is 11.2. The highest BCUT2D eigenvalue weighted by Crippen LogP contribution is 2.25. The van der Waals surface area contributed by atoms with E-state index >= 15 is 0 Å². The molecule has 1 saturated heterocycles. The minimum Gasteiger partial charge on any atom is -0.462 e. The molecule has 2 rings (SSSR count). The van der Waals surface area contributed by atoms with Crippen molar-refractivity contribution in [1.29, 1.82) is 0 Å². The maximum Gasteiger partial charge on any atom is 0.338 e. The first kappa shape index (κ1) is 28.5. The Bertz CT molecular complexity index is 742. The van der Waals surface area contributed by atoms with E-state index < -0.39 is 74.3 Å². The van der Waals surface area contributed by atoms with E-state index in [-0.39, 0.29) is 19.4 Å². The van der Waals surface area contributed by atoms with E-state index in [9.17, 15) is 45.6 Å². The molecule has 9 unspecified atom stereocenters. The number of aliphatic hydroxyl groups is 8. The highest BCUT2D eigenvalue weighted by Gasteiger charge is 2.46. The molecule has 12 nitrogen and oxygen atoms in total. The second kappa shape index (κ2) is 13.4. The predicted molar refractivity (Wildman–Crippen MR) is 114 cm³/mol. The first-order chi connectivity index (χ1) is 16.1. The van der Waals surface area contributed by atoms with E-state index in [1.54, 1.807) is 31.2 Å². The molecule has 1 aliphatic rings. The first-order valence-corrected chi connectivity index (χ1v) is 11.0. The topological polar surface area (TPSA) is 207 Å². The van der Waals surface area contributed by atoms with Crippen LogP contribution in [-0.4, -0.2) is 122 Å². The molecule has 0 saturated carbocycles. The molecule has 0 radical (unpaired) electrons. The van der Waals surface area contributed by atoms with Crippen LogP contribution in [0.25, 0.3) is 0 Å². The minimum atomic E-state index is -1.80. The third-order valence-corrected chi connectivity index (χ3v) is 5.63. The minimum absolute atomic E-state index is 0.00656. The third-order valence-electron chi connectivity index (χ3n) is 5.63. The Balaban J connectivity index is 2.02. The van der Waals surface area contributed by atoms with Gasteiger partial charge in [-0.1, -0.05) is 12.1 Å². The number of ether oxygens (including phenoxy) is 3. The summed E-state index contributed by atoms with van der Waals surface area (Å²) in [5.41, 5.74) is 1.11. The molecule has 1 aromatic rings. The van der Waals surface area contributed by atoms with E-state index in [2.05, 4.69) is 0 Å². The fourth-order valence-corrected chi connectivity index (χ4v) is 3.56. The summed E-state index contributed by atoms with van der Waals surface area (Å²) < 4.78 is 15.5. The number of hydrogen-bond donors (Lipinski definition) is 8. The van der Waals surface area contributed by atoms with Crippen molar-refractivity contribution >= 4 is 5.97 Å². The second-order valence-electron chi connectivity index (χ2n) is 8.06.